The van der Waals surface area contributed by atoms with Crippen LogP contribution in [0.4, 0.5) is 0 Å². The molecule has 0 bridgehead atoms. The van der Waals surface area contributed by atoms with E-state index in [1.807, 2.05) is 7.11 Å². The Morgan fingerprint density at radius 3 is 2.31 bits per heavy atom. The Morgan fingerprint density at radius 2 is 1.69 bits per heavy atom. The number of nitrogens with one attached hydrogen (secondary N) is 1. The SMILES string of the molecule is COC1CCCCC1N1CC(C)NC(C)C1. The van der Waals surface area contributed by atoms with Crippen LogP contribution in [0.5, 0.6) is 0 Å². The number of rotatable bonds is 2. The van der Waals surface area contributed by atoms with Crippen LogP contribution in [0.15, 0.2) is 0 Å². The predicted octanol–water partition coefficient (Wildman–Crippen LogP) is 1.63. The summed E-state index contributed by atoms with van der Waals surface area (Å²) in [6.07, 6.45) is 5.74. The third-order valence-electron chi connectivity index (χ3n) is 4.03. The van der Waals surface area contributed by atoms with E-state index in [0.29, 0.717) is 24.2 Å². The highest BCUT2D eigenvalue weighted by molar-refractivity contribution is 4.90. The maximum absolute atomic E-state index is 5.67. The molecule has 3 nitrogen and oxygen atoms in total. The van der Waals surface area contributed by atoms with Gasteiger partial charge in [-0.3, -0.25) is 4.90 Å². The van der Waals surface area contributed by atoms with Gasteiger partial charge in [0.2, 0.25) is 0 Å². The summed E-state index contributed by atoms with van der Waals surface area (Å²) in [7, 11) is 1.87. The van der Waals surface area contributed by atoms with Crippen molar-refractivity contribution in [3.63, 3.8) is 0 Å². The van der Waals surface area contributed by atoms with Gasteiger partial charge in [0.1, 0.15) is 0 Å². The Balaban J connectivity index is 1.98. The highest BCUT2D eigenvalue weighted by atomic mass is 16.5. The molecule has 1 saturated heterocycles. The van der Waals surface area contributed by atoms with Crippen LogP contribution >= 0.6 is 0 Å². The van der Waals surface area contributed by atoms with E-state index in [2.05, 4.69) is 24.1 Å². The van der Waals surface area contributed by atoms with E-state index in [1.54, 1.807) is 0 Å². The molecular weight excluding hydrogens is 200 g/mol. The normalized spacial score (nSPS) is 42.2. The van der Waals surface area contributed by atoms with Gasteiger partial charge in [0.25, 0.3) is 0 Å². The molecule has 1 saturated carbocycles. The zero-order valence-electron chi connectivity index (χ0n) is 10.9. The van der Waals surface area contributed by atoms with Crippen molar-refractivity contribution in [2.75, 3.05) is 20.2 Å². The maximum atomic E-state index is 5.67. The number of nitrogens with zero attached hydrogens (tertiary/aromatic N) is 1. The lowest BCUT2D eigenvalue weighted by Crippen LogP contribution is -2.59. The minimum Gasteiger partial charge on any atom is -0.380 e. The van der Waals surface area contributed by atoms with Crippen molar-refractivity contribution in [1.29, 1.82) is 0 Å². The van der Waals surface area contributed by atoms with E-state index in [1.165, 1.54) is 38.8 Å². The average molecular weight is 226 g/mol. The summed E-state index contributed by atoms with van der Waals surface area (Å²) in [6.45, 7) is 6.92. The van der Waals surface area contributed by atoms with Gasteiger partial charge in [-0.25, -0.2) is 0 Å². The molecule has 16 heavy (non-hydrogen) atoms. The molecule has 1 heterocycles. The van der Waals surface area contributed by atoms with Crippen LogP contribution in [0, 0.1) is 0 Å². The second-order valence-corrected chi connectivity index (χ2v) is 5.55. The molecular formula is C13H26N2O. The fraction of sp³-hybridized carbons (Fsp3) is 1.00. The first-order valence-corrected chi connectivity index (χ1v) is 6.73. The Hall–Kier alpha value is -0.120. The van der Waals surface area contributed by atoms with Crippen LogP contribution in [0.2, 0.25) is 0 Å². The molecule has 1 N–H and O–H groups in total. The number of ether oxygens (including phenoxy) is 1. The molecule has 94 valence electrons. The Kier molecular flexibility index (Phi) is 4.22. The summed E-state index contributed by atoms with van der Waals surface area (Å²) in [6, 6.07) is 1.89. The van der Waals surface area contributed by atoms with Gasteiger partial charge >= 0.3 is 0 Å². The lowest BCUT2D eigenvalue weighted by Gasteiger charge is -2.45. The minimum absolute atomic E-state index is 0.464. The fourth-order valence-corrected chi connectivity index (χ4v) is 3.41. The van der Waals surface area contributed by atoms with Crippen molar-refractivity contribution in [2.24, 2.45) is 0 Å². The molecule has 4 atom stereocenters. The standard InChI is InChI=1S/C13H26N2O/c1-10-8-15(9-11(2)14-10)12-6-4-5-7-13(12)16-3/h10-14H,4-9H2,1-3H3. The maximum Gasteiger partial charge on any atom is 0.0726 e. The minimum atomic E-state index is 0.464. The van der Waals surface area contributed by atoms with Gasteiger partial charge in [0, 0.05) is 38.3 Å². The molecule has 2 rings (SSSR count). The zero-order chi connectivity index (χ0) is 11.5. The molecule has 0 spiro atoms. The monoisotopic (exact) mass is 226 g/mol. The van der Waals surface area contributed by atoms with Crippen LogP contribution in [-0.2, 0) is 4.74 Å². The summed E-state index contributed by atoms with van der Waals surface area (Å²) < 4.78 is 5.67. The number of hydrogen-bond donors (Lipinski definition) is 1. The third-order valence-corrected chi connectivity index (χ3v) is 4.03. The molecule has 0 amide bonds. The third kappa shape index (κ3) is 2.76. The van der Waals surface area contributed by atoms with Gasteiger partial charge in [-0.15, -0.1) is 0 Å². The van der Waals surface area contributed by atoms with E-state index in [0.717, 1.165) is 0 Å². The molecule has 4 unspecified atom stereocenters. The summed E-state index contributed by atoms with van der Waals surface area (Å²) >= 11 is 0. The highest BCUT2D eigenvalue weighted by Crippen LogP contribution is 2.26. The molecule has 2 aliphatic rings. The molecule has 0 aromatic carbocycles. The number of piperazine rings is 1. The first kappa shape index (κ1) is 12.3. The van der Waals surface area contributed by atoms with Gasteiger partial charge in [-0.2, -0.15) is 0 Å². The molecule has 1 aliphatic heterocycles. The van der Waals surface area contributed by atoms with Crippen molar-refractivity contribution in [3.05, 3.63) is 0 Å². The Labute approximate surface area is 99.5 Å². The van der Waals surface area contributed by atoms with Crippen LogP contribution < -0.4 is 5.32 Å². The van der Waals surface area contributed by atoms with E-state index < -0.39 is 0 Å². The topological polar surface area (TPSA) is 24.5 Å². The van der Waals surface area contributed by atoms with Crippen LogP contribution in [-0.4, -0.2) is 49.3 Å². The quantitative estimate of drug-likeness (QED) is 0.774. The largest absolute Gasteiger partial charge is 0.380 e. The van der Waals surface area contributed by atoms with Crippen molar-refractivity contribution in [2.45, 2.75) is 63.8 Å². The zero-order valence-corrected chi connectivity index (χ0v) is 10.9. The van der Waals surface area contributed by atoms with Crippen LogP contribution in [0.1, 0.15) is 39.5 Å². The van der Waals surface area contributed by atoms with Crippen LogP contribution in [0.25, 0.3) is 0 Å². The van der Waals surface area contributed by atoms with E-state index >= 15 is 0 Å². The molecule has 0 aromatic rings. The fourth-order valence-electron chi connectivity index (χ4n) is 3.41. The van der Waals surface area contributed by atoms with Crippen molar-refractivity contribution in [1.82, 2.24) is 10.2 Å². The van der Waals surface area contributed by atoms with Crippen molar-refractivity contribution >= 4 is 0 Å². The second-order valence-electron chi connectivity index (χ2n) is 5.55. The molecule has 0 aromatic heterocycles. The van der Waals surface area contributed by atoms with Gasteiger partial charge in [-0.1, -0.05) is 12.8 Å². The van der Waals surface area contributed by atoms with Crippen molar-refractivity contribution in [3.8, 4) is 0 Å². The Morgan fingerprint density at radius 1 is 1.06 bits per heavy atom. The average Bonchev–Trinajstić information content (AvgIpc) is 2.27. The van der Waals surface area contributed by atoms with E-state index in [4.69, 9.17) is 4.74 Å². The van der Waals surface area contributed by atoms with Gasteiger partial charge < -0.3 is 10.1 Å². The first-order valence-electron chi connectivity index (χ1n) is 6.73. The smallest absolute Gasteiger partial charge is 0.0726 e. The van der Waals surface area contributed by atoms with E-state index in [9.17, 15) is 0 Å². The highest BCUT2D eigenvalue weighted by Gasteiger charge is 2.33. The summed E-state index contributed by atoms with van der Waals surface area (Å²) in [5, 5.41) is 3.60. The lowest BCUT2D eigenvalue weighted by atomic mass is 9.90. The summed E-state index contributed by atoms with van der Waals surface area (Å²) in [5.74, 6) is 0. The van der Waals surface area contributed by atoms with E-state index in [-0.39, 0.29) is 0 Å². The molecule has 0 radical (unpaired) electrons. The van der Waals surface area contributed by atoms with Gasteiger partial charge in [-0.05, 0) is 26.7 Å². The molecule has 2 fully saturated rings. The molecule has 1 aliphatic carbocycles. The lowest BCUT2D eigenvalue weighted by molar-refractivity contribution is -0.0245. The van der Waals surface area contributed by atoms with Crippen LogP contribution in [0.3, 0.4) is 0 Å². The number of hydrogen-bond acceptors (Lipinski definition) is 3. The second kappa shape index (κ2) is 5.48. The van der Waals surface area contributed by atoms with Gasteiger partial charge in [0.15, 0.2) is 0 Å². The first-order chi connectivity index (χ1) is 7.70. The Bertz CT molecular complexity index is 212. The predicted molar refractivity (Wildman–Crippen MR) is 66.7 cm³/mol. The van der Waals surface area contributed by atoms with Crippen molar-refractivity contribution < 1.29 is 4.74 Å². The number of methoxy groups -OCH3 is 1. The summed E-state index contributed by atoms with van der Waals surface area (Å²) in [5.41, 5.74) is 0. The molecule has 3 heteroatoms. The van der Waals surface area contributed by atoms with Gasteiger partial charge in [0.05, 0.1) is 6.10 Å². The summed E-state index contributed by atoms with van der Waals surface area (Å²) in [4.78, 5) is 2.65.